The number of halogens is 4. The Morgan fingerprint density at radius 1 is 1.32 bits per heavy atom. The van der Waals surface area contributed by atoms with E-state index in [1.807, 2.05) is 0 Å². The maximum absolute atomic E-state index is 14.0. The number of fused-ring (bicyclic) bond motifs is 1. The number of nitrogens with zero attached hydrogens (tertiary/aromatic N) is 2. The van der Waals surface area contributed by atoms with Crippen molar-refractivity contribution in [2.24, 2.45) is 0 Å². The van der Waals surface area contributed by atoms with Crippen molar-refractivity contribution in [3.05, 3.63) is 46.6 Å². The van der Waals surface area contributed by atoms with Gasteiger partial charge >= 0.3 is 0 Å². The molecule has 0 radical (unpaired) electrons. The van der Waals surface area contributed by atoms with E-state index in [9.17, 15) is 21.6 Å². The Morgan fingerprint density at radius 3 is 2.75 bits per heavy atom. The van der Waals surface area contributed by atoms with Gasteiger partial charge in [-0.05, 0) is 30.5 Å². The SMILES string of the molecule is CCc1nc(NS(=O)(=O)c2c[nH]c3c(F)c(Cl)ccc23)ncc1CCC(F)F. The summed E-state index contributed by atoms with van der Waals surface area (Å²) in [5.41, 5.74) is 0.977. The molecule has 0 saturated carbocycles. The summed E-state index contributed by atoms with van der Waals surface area (Å²) in [7, 11) is -4.13. The normalized spacial score (nSPS) is 12.1. The first-order valence-electron chi connectivity index (χ1n) is 8.33. The molecule has 0 unspecified atom stereocenters. The van der Waals surface area contributed by atoms with Crippen LogP contribution in [0.25, 0.3) is 10.9 Å². The van der Waals surface area contributed by atoms with Crippen molar-refractivity contribution in [2.45, 2.75) is 37.5 Å². The molecule has 3 rings (SSSR count). The fraction of sp³-hybridized carbons (Fsp3) is 0.294. The lowest BCUT2D eigenvalue weighted by molar-refractivity contribution is 0.138. The van der Waals surface area contributed by atoms with Crippen molar-refractivity contribution in [1.29, 1.82) is 0 Å². The highest BCUT2D eigenvalue weighted by molar-refractivity contribution is 7.93. The van der Waals surface area contributed by atoms with Gasteiger partial charge in [0.1, 0.15) is 4.90 Å². The first-order valence-corrected chi connectivity index (χ1v) is 10.2. The monoisotopic (exact) mass is 432 g/mol. The predicted octanol–water partition coefficient (Wildman–Crippen LogP) is 4.31. The highest BCUT2D eigenvalue weighted by Crippen LogP contribution is 2.29. The van der Waals surface area contributed by atoms with Crippen molar-refractivity contribution in [3.8, 4) is 0 Å². The zero-order valence-corrected chi connectivity index (χ0v) is 16.2. The number of aromatic amines is 1. The molecule has 28 heavy (non-hydrogen) atoms. The smallest absolute Gasteiger partial charge is 0.266 e. The van der Waals surface area contributed by atoms with Gasteiger partial charge in [0.15, 0.2) is 5.82 Å². The molecule has 3 aromatic rings. The Bertz CT molecular complexity index is 1120. The van der Waals surface area contributed by atoms with Crippen LogP contribution in [0.1, 0.15) is 24.6 Å². The Kier molecular flexibility index (Phi) is 5.80. The number of nitrogens with one attached hydrogen (secondary N) is 2. The van der Waals surface area contributed by atoms with Gasteiger partial charge in [-0.1, -0.05) is 18.5 Å². The van der Waals surface area contributed by atoms with E-state index in [2.05, 4.69) is 19.7 Å². The molecular weight excluding hydrogens is 417 g/mol. The Hall–Kier alpha value is -2.33. The number of H-pyrrole nitrogens is 1. The second kappa shape index (κ2) is 7.96. The summed E-state index contributed by atoms with van der Waals surface area (Å²) in [5, 5.41) is -0.0137. The molecule has 2 heterocycles. The van der Waals surface area contributed by atoms with Gasteiger partial charge in [0.2, 0.25) is 12.4 Å². The van der Waals surface area contributed by atoms with Crippen LogP contribution in [0, 0.1) is 5.82 Å². The molecule has 2 N–H and O–H groups in total. The van der Waals surface area contributed by atoms with E-state index in [-0.39, 0.29) is 39.6 Å². The Balaban J connectivity index is 1.91. The summed E-state index contributed by atoms with van der Waals surface area (Å²) in [5.74, 6) is -0.949. The number of aryl methyl sites for hydroxylation is 2. The average Bonchev–Trinajstić information content (AvgIpc) is 3.09. The second-order valence-electron chi connectivity index (χ2n) is 5.99. The molecule has 0 saturated heterocycles. The molecule has 0 bridgehead atoms. The minimum Gasteiger partial charge on any atom is -0.357 e. The van der Waals surface area contributed by atoms with Gasteiger partial charge in [-0.2, -0.15) is 0 Å². The number of anilines is 1. The molecule has 0 aliphatic carbocycles. The van der Waals surface area contributed by atoms with Crippen molar-refractivity contribution in [1.82, 2.24) is 15.0 Å². The zero-order chi connectivity index (χ0) is 20.5. The largest absolute Gasteiger partial charge is 0.357 e. The third-order valence-corrected chi connectivity index (χ3v) is 5.80. The van der Waals surface area contributed by atoms with Crippen LogP contribution in [0.5, 0.6) is 0 Å². The highest BCUT2D eigenvalue weighted by atomic mass is 35.5. The number of aromatic nitrogens is 3. The van der Waals surface area contributed by atoms with E-state index in [0.717, 1.165) is 6.20 Å². The fourth-order valence-electron chi connectivity index (χ4n) is 2.78. The van der Waals surface area contributed by atoms with Gasteiger partial charge in [0.05, 0.1) is 10.5 Å². The van der Waals surface area contributed by atoms with Crippen LogP contribution in [0.2, 0.25) is 5.02 Å². The van der Waals surface area contributed by atoms with E-state index >= 15 is 0 Å². The quantitative estimate of drug-likeness (QED) is 0.582. The third kappa shape index (κ3) is 4.07. The molecule has 0 aliphatic rings. The topological polar surface area (TPSA) is 87.7 Å². The minimum atomic E-state index is -4.13. The van der Waals surface area contributed by atoms with Crippen LogP contribution in [-0.2, 0) is 22.9 Å². The molecule has 0 atom stereocenters. The molecule has 6 nitrogen and oxygen atoms in total. The molecule has 150 valence electrons. The van der Waals surface area contributed by atoms with Gasteiger partial charge < -0.3 is 4.98 Å². The molecule has 0 spiro atoms. The van der Waals surface area contributed by atoms with Gasteiger partial charge in [0, 0.05) is 29.9 Å². The number of hydrogen-bond donors (Lipinski definition) is 2. The summed E-state index contributed by atoms with van der Waals surface area (Å²) in [6, 6.07) is 2.65. The van der Waals surface area contributed by atoms with Gasteiger partial charge in [0.25, 0.3) is 10.0 Å². The zero-order valence-electron chi connectivity index (χ0n) is 14.6. The molecular formula is C17H16ClF3N4O2S. The second-order valence-corrected chi connectivity index (χ2v) is 8.05. The lowest BCUT2D eigenvalue weighted by atomic mass is 10.1. The number of benzene rings is 1. The Labute approximate surface area is 164 Å². The summed E-state index contributed by atoms with van der Waals surface area (Å²) in [6.07, 6.45) is 0.220. The van der Waals surface area contributed by atoms with E-state index in [4.69, 9.17) is 11.6 Å². The van der Waals surface area contributed by atoms with E-state index in [1.54, 1.807) is 6.92 Å². The first kappa shape index (κ1) is 20.4. The van der Waals surface area contributed by atoms with Crippen LogP contribution in [0.15, 0.2) is 29.4 Å². The lowest BCUT2D eigenvalue weighted by Gasteiger charge is -2.10. The lowest BCUT2D eigenvalue weighted by Crippen LogP contribution is -2.16. The molecule has 0 amide bonds. The molecule has 1 aromatic carbocycles. The summed E-state index contributed by atoms with van der Waals surface area (Å²) < 4.78 is 66.5. The molecule has 2 aromatic heterocycles. The minimum absolute atomic E-state index is 0.0367. The van der Waals surface area contributed by atoms with Gasteiger partial charge in [-0.25, -0.2) is 36.3 Å². The van der Waals surface area contributed by atoms with Crippen molar-refractivity contribution >= 4 is 38.5 Å². The number of hydrogen-bond acceptors (Lipinski definition) is 4. The Morgan fingerprint density at radius 2 is 2.07 bits per heavy atom. The fourth-order valence-corrected chi connectivity index (χ4v) is 4.06. The maximum Gasteiger partial charge on any atom is 0.266 e. The van der Waals surface area contributed by atoms with Crippen LogP contribution >= 0.6 is 11.6 Å². The first-order chi connectivity index (χ1) is 13.2. The van der Waals surface area contributed by atoms with E-state index < -0.39 is 22.3 Å². The average molecular weight is 433 g/mol. The standard InChI is InChI=1S/C17H16ClF3N4O2S/c1-2-12-9(3-6-14(19)20)7-23-17(24-12)25-28(26,27)13-8-22-16-10(13)4-5-11(18)15(16)21/h4-5,7-8,14,22H,2-3,6H2,1H3,(H,23,24,25). The molecule has 0 fully saturated rings. The van der Waals surface area contributed by atoms with Gasteiger partial charge in [-0.3, -0.25) is 0 Å². The van der Waals surface area contributed by atoms with E-state index in [0.29, 0.717) is 17.7 Å². The van der Waals surface area contributed by atoms with Crippen LogP contribution in [0.3, 0.4) is 0 Å². The molecule has 11 heteroatoms. The summed E-state index contributed by atoms with van der Waals surface area (Å²) in [4.78, 5) is 10.4. The van der Waals surface area contributed by atoms with Crippen LogP contribution in [-0.4, -0.2) is 29.8 Å². The van der Waals surface area contributed by atoms with E-state index in [1.165, 1.54) is 18.3 Å². The number of sulfonamides is 1. The number of rotatable bonds is 7. The third-order valence-electron chi connectivity index (χ3n) is 4.14. The maximum atomic E-state index is 14.0. The van der Waals surface area contributed by atoms with Crippen LogP contribution < -0.4 is 4.72 Å². The van der Waals surface area contributed by atoms with Crippen LogP contribution in [0.4, 0.5) is 19.1 Å². The summed E-state index contributed by atoms with van der Waals surface area (Å²) >= 11 is 5.71. The number of alkyl halides is 2. The van der Waals surface area contributed by atoms with Crippen molar-refractivity contribution in [3.63, 3.8) is 0 Å². The highest BCUT2D eigenvalue weighted by Gasteiger charge is 2.23. The van der Waals surface area contributed by atoms with Gasteiger partial charge in [-0.15, -0.1) is 0 Å². The van der Waals surface area contributed by atoms with Crippen molar-refractivity contribution in [2.75, 3.05) is 4.72 Å². The molecule has 0 aliphatic heterocycles. The summed E-state index contributed by atoms with van der Waals surface area (Å²) in [6.45, 7) is 1.78. The van der Waals surface area contributed by atoms with Crippen molar-refractivity contribution < 1.29 is 21.6 Å². The predicted molar refractivity (Wildman–Crippen MR) is 99.8 cm³/mol.